The highest BCUT2D eigenvalue weighted by atomic mass is 16.5. The lowest BCUT2D eigenvalue weighted by Crippen LogP contribution is -2.21. The Morgan fingerprint density at radius 3 is 2.12 bits per heavy atom. The normalized spacial score (nSPS) is 10.3. The van der Waals surface area contributed by atoms with Crippen molar-refractivity contribution in [3.63, 3.8) is 0 Å². The van der Waals surface area contributed by atoms with Crippen molar-refractivity contribution in [2.75, 3.05) is 17.2 Å². The molecule has 0 spiro atoms. The first-order chi connectivity index (χ1) is 12.3. The summed E-state index contributed by atoms with van der Waals surface area (Å²) < 4.78 is 7.12. The van der Waals surface area contributed by atoms with E-state index in [0.717, 1.165) is 17.9 Å². The molecule has 138 valence electrons. The molecule has 2 aromatic rings. The summed E-state index contributed by atoms with van der Waals surface area (Å²) in [6, 6.07) is 8.41. The molecule has 2 amide bonds. The second-order valence-electron chi connectivity index (χ2n) is 5.91. The van der Waals surface area contributed by atoms with Gasteiger partial charge in [0.15, 0.2) is 6.61 Å². The standard InChI is InChI=1S/C19H23N3O4/c1-5-22-12(2)10-17(13(22)3)19(25)26-11-18(24)21-16-8-6-15(7-9-16)20-14(4)23/h6-10H,5,11H2,1-4H3,(H,20,23)(H,21,24). The number of aryl methyl sites for hydroxylation is 1. The Kier molecular flexibility index (Phi) is 6.16. The van der Waals surface area contributed by atoms with Gasteiger partial charge in [-0.05, 0) is 51.1 Å². The summed E-state index contributed by atoms with van der Waals surface area (Å²) in [5.74, 6) is -1.12. The molecular weight excluding hydrogens is 334 g/mol. The molecule has 0 aliphatic carbocycles. The SMILES string of the molecule is CCn1c(C)cc(C(=O)OCC(=O)Nc2ccc(NC(C)=O)cc2)c1C. The first kappa shape index (κ1) is 19.2. The highest BCUT2D eigenvalue weighted by molar-refractivity contribution is 5.96. The third-order valence-corrected chi connectivity index (χ3v) is 3.93. The summed E-state index contributed by atoms with van der Waals surface area (Å²) in [5.41, 5.74) is 3.44. The zero-order chi connectivity index (χ0) is 19.3. The van der Waals surface area contributed by atoms with Crippen LogP contribution in [0.4, 0.5) is 11.4 Å². The molecule has 0 aliphatic heterocycles. The summed E-state index contributed by atoms with van der Waals surface area (Å²) >= 11 is 0. The van der Waals surface area contributed by atoms with Crippen LogP contribution in [-0.2, 0) is 20.9 Å². The first-order valence-electron chi connectivity index (χ1n) is 8.33. The number of esters is 1. The van der Waals surface area contributed by atoms with Crippen molar-refractivity contribution in [1.82, 2.24) is 4.57 Å². The number of anilines is 2. The second kappa shape index (κ2) is 8.33. The van der Waals surface area contributed by atoms with Gasteiger partial charge < -0.3 is 19.9 Å². The number of hydrogen-bond acceptors (Lipinski definition) is 4. The molecular formula is C19H23N3O4. The van der Waals surface area contributed by atoms with Crippen molar-refractivity contribution < 1.29 is 19.1 Å². The van der Waals surface area contributed by atoms with Crippen LogP contribution < -0.4 is 10.6 Å². The quantitative estimate of drug-likeness (QED) is 0.778. The van der Waals surface area contributed by atoms with Crippen LogP contribution in [0, 0.1) is 13.8 Å². The Hall–Kier alpha value is -3.09. The Morgan fingerprint density at radius 2 is 1.62 bits per heavy atom. The summed E-state index contributed by atoms with van der Waals surface area (Å²) in [7, 11) is 0. The predicted molar refractivity (Wildman–Crippen MR) is 99.2 cm³/mol. The van der Waals surface area contributed by atoms with Crippen LogP contribution in [0.5, 0.6) is 0 Å². The summed E-state index contributed by atoms with van der Waals surface area (Å²) in [5, 5.41) is 5.27. The molecule has 7 heteroatoms. The van der Waals surface area contributed by atoms with E-state index in [0.29, 0.717) is 16.9 Å². The third-order valence-electron chi connectivity index (χ3n) is 3.93. The maximum absolute atomic E-state index is 12.2. The summed E-state index contributed by atoms with van der Waals surface area (Å²) in [6.07, 6.45) is 0. The van der Waals surface area contributed by atoms with Crippen LogP contribution in [0.2, 0.25) is 0 Å². The van der Waals surface area contributed by atoms with Crippen molar-refractivity contribution in [1.29, 1.82) is 0 Å². The van der Waals surface area contributed by atoms with Gasteiger partial charge in [-0.2, -0.15) is 0 Å². The van der Waals surface area contributed by atoms with Gasteiger partial charge in [0.1, 0.15) is 0 Å². The van der Waals surface area contributed by atoms with Crippen LogP contribution in [0.3, 0.4) is 0 Å². The maximum atomic E-state index is 12.2. The highest BCUT2D eigenvalue weighted by Crippen LogP contribution is 2.16. The summed E-state index contributed by atoms with van der Waals surface area (Å²) in [4.78, 5) is 35.1. The van der Waals surface area contributed by atoms with E-state index in [9.17, 15) is 14.4 Å². The van der Waals surface area contributed by atoms with Gasteiger partial charge in [0.05, 0.1) is 5.56 Å². The van der Waals surface area contributed by atoms with E-state index in [1.165, 1.54) is 6.92 Å². The second-order valence-corrected chi connectivity index (χ2v) is 5.91. The number of amides is 2. The minimum atomic E-state index is -0.519. The highest BCUT2D eigenvalue weighted by Gasteiger charge is 2.17. The fraction of sp³-hybridized carbons (Fsp3) is 0.316. The molecule has 0 unspecified atom stereocenters. The average molecular weight is 357 g/mol. The molecule has 0 radical (unpaired) electrons. The predicted octanol–water partition coefficient (Wildman–Crippen LogP) is 2.88. The van der Waals surface area contributed by atoms with Crippen LogP contribution >= 0.6 is 0 Å². The van der Waals surface area contributed by atoms with Crippen LogP contribution in [0.15, 0.2) is 30.3 Å². The molecule has 26 heavy (non-hydrogen) atoms. The van der Waals surface area contributed by atoms with Gasteiger partial charge in [-0.3, -0.25) is 9.59 Å². The van der Waals surface area contributed by atoms with Gasteiger partial charge in [-0.1, -0.05) is 0 Å². The van der Waals surface area contributed by atoms with Crippen molar-refractivity contribution in [3.8, 4) is 0 Å². The molecule has 0 fully saturated rings. The molecule has 2 N–H and O–H groups in total. The van der Waals surface area contributed by atoms with E-state index >= 15 is 0 Å². The number of carbonyl (C=O) groups excluding carboxylic acids is 3. The number of aromatic nitrogens is 1. The van der Waals surface area contributed by atoms with Gasteiger partial charge in [0.2, 0.25) is 5.91 Å². The molecule has 1 heterocycles. The minimum Gasteiger partial charge on any atom is -0.452 e. The fourth-order valence-electron chi connectivity index (χ4n) is 2.74. The Bertz CT molecular complexity index is 822. The number of nitrogens with one attached hydrogen (secondary N) is 2. The minimum absolute atomic E-state index is 0.170. The largest absolute Gasteiger partial charge is 0.452 e. The van der Waals surface area contributed by atoms with Gasteiger partial charge in [-0.25, -0.2) is 4.79 Å². The van der Waals surface area contributed by atoms with E-state index in [1.54, 1.807) is 30.3 Å². The van der Waals surface area contributed by atoms with Crippen LogP contribution in [0.25, 0.3) is 0 Å². The zero-order valence-electron chi connectivity index (χ0n) is 15.4. The molecule has 0 saturated heterocycles. The number of benzene rings is 1. The van der Waals surface area contributed by atoms with Crippen molar-refractivity contribution in [3.05, 3.63) is 47.3 Å². The van der Waals surface area contributed by atoms with Crippen molar-refractivity contribution in [2.45, 2.75) is 34.2 Å². The lowest BCUT2D eigenvalue weighted by atomic mass is 10.2. The van der Waals surface area contributed by atoms with E-state index < -0.39 is 11.9 Å². The molecule has 7 nitrogen and oxygen atoms in total. The van der Waals surface area contributed by atoms with Gasteiger partial charge in [0, 0.05) is 36.2 Å². The average Bonchev–Trinajstić information content (AvgIpc) is 2.88. The molecule has 2 rings (SSSR count). The van der Waals surface area contributed by atoms with E-state index in [4.69, 9.17) is 4.74 Å². The van der Waals surface area contributed by atoms with Gasteiger partial charge >= 0.3 is 5.97 Å². The summed E-state index contributed by atoms with van der Waals surface area (Å²) in [6.45, 7) is 7.58. The zero-order valence-corrected chi connectivity index (χ0v) is 15.4. The Morgan fingerprint density at radius 1 is 1.04 bits per heavy atom. The first-order valence-corrected chi connectivity index (χ1v) is 8.33. The van der Waals surface area contributed by atoms with E-state index in [2.05, 4.69) is 10.6 Å². The maximum Gasteiger partial charge on any atom is 0.340 e. The molecule has 1 aromatic heterocycles. The van der Waals surface area contributed by atoms with Crippen molar-refractivity contribution in [2.24, 2.45) is 0 Å². The number of carbonyl (C=O) groups is 3. The van der Waals surface area contributed by atoms with Gasteiger partial charge in [-0.15, -0.1) is 0 Å². The van der Waals surface area contributed by atoms with Crippen LogP contribution in [-0.4, -0.2) is 29.0 Å². The number of ether oxygens (including phenoxy) is 1. The lowest BCUT2D eigenvalue weighted by molar-refractivity contribution is -0.119. The molecule has 1 aromatic carbocycles. The van der Waals surface area contributed by atoms with Crippen LogP contribution in [0.1, 0.15) is 35.6 Å². The number of nitrogens with zero attached hydrogens (tertiary/aromatic N) is 1. The molecule has 0 saturated carbocycles. The lowest BCUT2D eigenvalue weighted by Gasteiger charge is -2.08. The van der Waals surface area contributed by atoms with Gasteiger partial charge in [0.25, 0.3) is 5.91 Å². The van der Waals surface area contributed by atoms with Crippen molar-refractivity contribution >= 4 is 29.2 Å². The molecule has 0 aliphatic rings. The number of rotatable bonds is 6. The fourth-order valence-corrected chi connectivity index (χ4v) is 2.74. The number of hydrogen-bond donors (Lipinski definition) is 2. The monoisotopic (exact) mass is 357 g/mol. The van der Waals surface area contributed by atoms with E-state index in [1.807, 2.05) is 25.3 Å². The smallest absolute Gasteiger partial charge is 0.340 e. The Balaban J connectivity index is 1.90. The molecule has 0 atom stereocenters. The molecule has 0 bridgehead atoms. The topological polar surface area (TPSA) is 89.4 Å². The Labute approximate surface area is 152 Å². The van der Waals surface area contributed by atoms with E-state index in [-0.39, 0.29) is 12.5 Å². The third kappa shape index (κ3) is 4.72.